The average Bonchev–Trinajstić information content (AvgIpc) is 2.14. The van der Waals surface area contributed by atoms with Crippen molar-refractivity contribution in [1.82, 2.24) is 5.32 Å². The molecule has 0 aliphatic carbocycles. The first kappa shape index (κ1) is 14.9. The Morgan fingerprint density at radius 2 is 1.73 bits per heavy atom. The fourth-order valence-electron chi connectivity index (χ4n) is 1.60. The lowest BCUT2D eigenvalue weighted by Gasteiger charge is -2.25. The molecule has 0 rings (SSSR count). The lowest BCUT2D eigenvalue weighted by Crippen LogP contribution is -2.43. The molecule has 0 aromatic carbocycles. The van der Waals surface area contributed by atoms with Crippen molar-refractivity contribution in [2.75, 3.05) is 12.8 Å². The van der Waals surface area contributed by atoms with Gasteiger partial charge in [-0.25, -0.2) is 8.42 Å². The van der Waals surface area contributed by atoms with Crippen molar-refractivity contribution in [3.63, 3.8) is 0 Å². The van der Waals surface area contributed by atoms with Gasteiger partial charge in [-0.1, -0.05) is 27.2 Å². The Labute approximate surface area is 94.6 Å². The van der Waals surface area contributed by atoms with Crippen LogP contribution in [0.15, 0.2) is 0 Å². The van der Waals surface area contributed by atoms with E-state index < -0.39 is 9.84 Å². The second-order valence-electron chi connectivity index (χ2n) is 4.45. The number of nitrogens with one attached hydrogen (secondary N) is 1. The summed E-state index contributed by atoms with van der Waals surface area (Å²) in [4.78, 5) is 0. The van der Waals surface area contributed by atoms with Crippen LogP contribution in [0.25, 0.3) is 0 Å². The number of hydrogen-bond donors (Lipinski definition) is 1. The summed E-state index contributed by atoms with van der Waals surface area (Å²) in [6, 6.07) is 0.0833. The molecule has 0 radical (unpaired) electrons. The molecule has 0 fully saturated rings. The molecule has 0 spiro atoms. The Morgan fingerprint density at radius 1 is 1.20 bits per heavy atom. The van der Waals surface area contributed by atoms with E-state index in [-0.39, 0.29) is 11.3 Å². The van der Waals surface area contributed by atoms with Crippen molar-refractivity contribution >= 4 is 9.84 Å². The third kappa shape index (κ3) is 5.52. The zero-order valence-electron chi connectivity index (χ0n) is 10.6. The lowest BCUT2D eigenvalue weighted by molar-refractivity contribution is 0.390. The van der Waals surface area contributed by atoms with Gasteiger partial charge in [0.2, 0.25) is 0 Å². The highest BCUT2D eigenvalue weighted by Gasteiger charge is 2.26. The summed E-state index contributed by atoms with van der Waals surface area (Å²) < 4.78 is 23.0. The van der Waals surface area contributed by atoms with Crippen molar-refractivity contribution in [3.05, 3.63) is 0 Å². The highest BCUT2D eigenvalue weighted by atomic mass is 32.2. The molecule has 3 nitrogen and oxygen atoms in total. The van der Waals surface area contributed by atoms with Crippen LogP contribution in [0, 0.1) is 5.92 Å². The van der Waals surface area contributed by atoms with Gasteiger partial charge in [-0.05, 0) is 25.8 Å². The van der Waals surface area contributed by atoms with Gasteiger partial charge >= 0.3 is 0 Å². The minimum atomic E-state index is -2.94. The van der Waals surface area contributed by atoms with Gasteiger partial charge in [-0.15, -0.1) is 0 Å². The topological polar surface area (TPSA) is 46.2 Å². The smallest absolute Gasteiger partial charge is 0.151 e. The van der Waals surface area contributed by atoms with Crippen LogP contribution in [0.4, 0.5) is 0 Å². The molecule has 0 saturated carbocycles. The third-order valence-corrected chi connectivity index (χ3v) is 4.74. The molecule has 3 unspecified atom stereocenters. The fraction of sp³-hybridized carbons (Fsp3) is 1.00. The molecular weight excluding hydrogens is 210 g/mol. The van der Waals surface area contributed by atoms with Crippen LogP contribution in [0.5, 0.6) is 0 Å². The second kappa shape index (κ2) is 6.48. The SMILES string of the molecule is CCNC(CC(C)CC)C(C)S(C)(=O)=O. The van der Waals surface area contributed by atoms with Crippen LogP contribution in [-0.2, 0) is 9.84 Å². The molecule has 0 aromatic rings. The van der Waals surface area contributed by atoms with Crippen LogP contribution in [-0.4, -0.2) is 32.5 Å². The second-order valence-corrected chi connectivity index (χ2v) is 6.85. The van der Waals surface area contributed by atoms with E-state index in [2.05, 4.69) is 19.2 Å². The predicted molar refractivity (Wildman–Crippen MR) is 65.8 cm³/mol. The summed E-state index contributed by atoms with van der Waals surface area (Å²) in [5, 5.41) is 2.98. The summed E-state index contributed by atoms with van der Waals surface area (Å²) in [5.74, 6) is 0.568. The van der Waals surface area contributed by atoms with Crippen molar-refractivity contribution < 1.29 is 8.42 Å². The molecule has 3 atom stereocenters. The number of hydrogen-bond acceptors (Lipinski definition) is 3. The Morgan fingerprint density at radius 3 is 2.07 bits per heavy atom. The minimum Gasteiger partial charge on any atom is -0.313 e. The van der Waals surface area contributed by atoms with Gasteiger partial charge in [0.1, 0.15) is 0 Å². The van der Waals surface area contributed by atoms with Crippen molar-refractivity contribution in [2.45, 2.75) is 51.8 Å². The van der Waals surface area contributed by atoms with E-state index in [0.29, 0.717) is 5.92 Å². The van der Waals surface area contributed by atoms with Crippen LogP contribution in [0.3, 0.4) is 0 Å². The molecule has 92 valence electrons. The zero-order chi connectivity index (χ0) is 12.1. The van der Waals surface area contributed by atoms with E-state index in [0.717, 1.165) is 19.4 Å². The standard InChI is InChI=1S/C11H25NO2S/c1-6-9(3)8-11(12-7-2)10(4)15(5,13)14/h9-12H,6-8H2,1-5H3. The summed E-state index contributed by atoms with van der Waals surface area (Å²) >= 11 is 0. The molecule has 0 saturated heterocycles. The first-order valence-electron chi connectivity index (χ1n) is 5.75. The van der Waals surface area contributed by atoms with Crippen LogP contribution in [0.1, 0.15) is 40.5 Å². The van der Waals surface area contributed by atoms with Crippen LogP contribution in [0.2, 0.25) is 0 Å². The van der Waals surface area contributed by atoms with Gasteiger partial charge in [0.15, 0.2) is 9.84 Å². The Bertz CT molecular complexity index is 262. The van der Waals surface area contributed by atoms with E-state index in [1.165, 1.54) is 6.26 Å². The van der Waals surface area contributed by atoms with Gasteiger partial charge in [-0.3, -0.25) is 0 Å². The van der Waals surface area contributed by atoms with Gasteiger partial charge in [-0.2, -0.15) is 0 Å². The van der Waals surface area contributed by atoms with E-state index in [1.807, 2.05) is 6.92 Å². The van der Waals surface area contributed by atoms with Crippen LogP contribution < -0.4 is 5.32 Å². The molecule has 0 aliphatic heterocycles. The maximum atomic E-state index is 11.5. The van der Waals surface area contributed by atoms with Crippen molar-refractivity contribution in [2.24, 2.45) is 5.92 Å². The first-order chi connectivity index (χ1) is 6.82. The molecule has 0 heterocycles. The monoisotopic (exact) mass is 235 g/mol. The Balaban J connectivity index is 4.51. The Hall–Kier alpha value is -0.0900. The maximum Gasteiger partial charge on any atom is 0.151 e. The predicted octanol–water partition coefficient (Wildman–Crippen LogP) is 1.83. The zero-order valence-corrected chi connectivity index (χ0v) is 11.4. The normalized spacial score (nSPS) is 18.5. The first-order valence-corrected chi connectivity index (χ1v) is 7.70. The van der Waals surface area contributed by atoms with Gasteiger partial charge in [0.05, 0.1) is 5.25 Å². The van der Waals surface area contributed by atoms with E-state index in [9.17, 15) is 8.42 Å². The number of sulfone groups is 1. The average molecular weight is 235 g/mol. The summed E-state index contributed by atoms with van der Waals surface area (Å²) in [6.07, 6.45) is 3.34. The largest absolute Gasteiger partial charge is 0.313 e. The minimum absolute atomic E-state index is 0.0833. The maximum absolute atomic E-state index is 11.5. The summed E-state index contributed by atoms with van der Waals surface area (Å²) in [5.41, 5.74) is 0. The van der Waals surface area contributed by atoms with E-state index >= 15 is 0 Å². The van der Waals surface area contributed by atoms with E-state index in [4.69, 9.17) is 0 Å². The molecule has 15 heavy (non-hydrogen) atoms. The number of rotatable bonds is 7. The van der Waals surface area contributed by atoms with Gasteiger partial charge in [0, 0.05) is 12.3 Å². The molecular formula is C11H25NO2S. The highest BCUT2D eigenvalue weighted by Crippen LogP contribution is 2.16. The third-order valence-electron chi connectivity index (χ3n) is 3.06. The summed E-state index contributed by atoms with van der Waals surface area (Å²) in [7, 11) is -2.94. The quantitative estimate of drug-likeness (QED) is 0.732. The van der Waals surface area contributed by atoms with Crippen LogP contribution >= 0.6 is 0 Å². The van der Waals surface area contributed by atoms with Crippen molar-refractivity contribution in [3.8, 4) is 0 Å². The fourth-order valence-corrected chi connectivity index (χ4v) is 2.41. The molecule has 0 bridgehead atoms. The molecule has 1 N–H and O–H groups in total. The summed E-state index contributed by atoms with van der Waals surface area (Å²) in [6.45, 7) is 8.93. The molecule has 0 amide bonds. The van der Waals surface area contributed by atoms with Gasteiger partial charge < -0.3 is 5.32 Å². The lowest BCUT2D eigenvalue weighted by atomic mass is 9.97. The van der Waals surface area contributed by atoms with Crippen molar-refractivity contribution in [1.29, 1.82) is 0 Å². The molecule has 0 aliphatic rings. The highest BCUT2D eigenvalue weighted by molar-refractivity contribution is 7.91. The Kier molecular flexibility index (Phi) is 6.44. The van der Waals surface area contributed by atoms with E-state index in [1.54, 1.807) is 6.92 Å². The molecule has 4 heteroatoms. The van der Waals surface area contributed by atoms with Gasteiger partial charge in [0.25, 0.3) is 0 Å². The molecule has 0 aromatic heterocycles.